The summed E-state index contributed by atoms with van der Waals surface area (Å²) in [5, 5.41) is 0. The summed E-state index contributed by atoms with van der Waals surface area (Å²) < 4.78 is 38.3. The van der Waals surface area contributed by atoms with Gasteiger partial charge >= 0.3 is 5.97 Å². The Bertz CT molecular complexity index is 1090. The zero-order valence-corrected chi connectivity index (χ0v) is 16.9. The molecule has 0 fully saturated rings. The number of carbonyl (C=O) groups excluding carboxylic acids is 1. The molecule has 0 saturated carbocycles. The molecule has 0 bridgehead atoms. The first-order valence-electron chi connectivity index (χ1n) is 8.87. The molecule has 0 amide bonds. The SMILES string of the molecule is COC(=O)c1cc(S(=O)(=O)Nc2ccc(OCc3ccccc3)cc2)ccc1C. The molecular weight excluding hydrogens is 390 g/mol. The van der Waals surface area contributed by atoms with Gasteiger partial charge in [0, 0.05) is 5.69 Å². The second-order valence-electron chi connectivity index (χ2n) is 6.37. The summed E-state index contributed by atoms with van der Waals surface area (Å²) in [5.74, 6) is 0.0413. The maximum atomic E-state index is 12.7. The van der Waals surface area contributed by atoms with Crippen molar-refractivity contribution in [3.8, 4) is 5.75 Å². The van der Waals surface area contributed by atoms with Crippen molar-refractivity contribution in [2.45, 2.75) is 18.4 Å². The van der Waals surface area contributed by atoms with E-state index >= 15 is 0 Å². The second-order valence-corrected chi connectivity index (χ2v) is 8.05. The van der Waals surface area contributed by atoms with Gasteiger partial charge in [0.1, 0.15) is 12.4 Å². The Morgan fingerprint density at radius 2 is 1.66 bits per heavy atom. The Kier molecular flexibility index (Phi) is 6.19. The number of ether oxygens (including phenoxy) is 2. The van der Waals surface area contributed by atoms with Gasteiger partial charge in [0.2, 0.25) is 0 Å². The first kappa shape index (κ1) is 20.4. The maximum absolute atomic E-state index is 12.7. The van der Waals surface area contributed by atoms with Gasteiger partial charge in [-0.2, -0.15) is 0 Å². The van der Waals surface area contributed by atoms with E-state index in [9.17, 15) is 13.2 Å². The van der Waals surface area contributed by atoms with Crippen molar-refractivity contribution in [3.05, 3.63) is 89.5 Å². The van der Waals surface area contributed by atoms with Crippen molar-refractivity contribution < 1.29 is 22.7 Å². The molecule has 0 aliphatic rings. The predicted molar refractivity (Wildman–Crippen MR) is 111 cm³/mol. The number of aryl methyl sites for hydroxylation is 1. The van der Waals surface area contributed by atoms with Crippen LogP contribution in [0.1, 0.15) is 21.5 Å². The highest BCUT2D eigenvalue weighted by Crippen LogP contribution is 2.22. The minimum Gasteiger partial charge on any atom is -0.489 e. The highest BCUT2D eigenvalue weighted by atomic mass is 32.2. The van der Waals surface area contributed by atoms with E-state index in [1.54, 1.807) is 37.3 Å². The van der Waals surface area contributed by atoms with Crippen LogP contribution < -0.4 is 9.46 Å². The highest BCUT2D eigenvalue weighted by Gasteiger charge is 2.18. The Hall–Kier alpha value is -3.32. The van der Waals surface area contributed by atoms with Crippen LogP contribution in [0.2, 0.25) is 0 Å². The number of methoxy groups -OCH3 is 1. The molecule has 3 aromatic rings. The van der Waals surface area contributed by atoms with Crippen LogP contribution >= 0.6 is 0 Å². The topological polar surface area (TPSA) is 81.7 Å². The molecule has 3 rings (SSSR count). The average Bonchev–Trinajstić information content (AvgIpc) is 2.73. The Balaban J connectivity index is 1.71. The van der Waals surface area contributed by atoms with Gasteiger partial charge in [-0.05, 0) is 54.4 Å². The maximum Gasteiger partial charge on any atom is 0.338 e. The summed E-state index contributed by atoms with van der Waals surface area (Å²) in [6, 6.07) is 20.7. The number of carbonyl (C=O) groups is 1. The molecule has 3 aromatic carbocycles. The molecule has 0 saturated heterocycles. The number of anilines is 1. The van der Waals surface area contributed by atoms with E-state index in [0.717, 1.165) is 5.56 Å². The van der Waals surface area contributed by atoms with Gasteiger partial charge in [-0.3, -0.25) is 4.72 Å². The van der Waals surface area contributed by atoms with Crippen molar-refractivity contribution in [1.82, 2.24) is 0 Å². The highest BCUT2D eigenvalue weighted by molar-refractivity contribution is 7.92. The number of esters is 1. The number of nitrogens with one attached hydrogen (secondary N) is 1. The van der Waals surface area contributed by atoms with E-state index in [1.807, 2.05) is 30.3 Å². The lowest BCUT2D eigenvalue weighted by atomic mass is 10.1. The molecule has 0 radical (unpaired) electrons. The van der Waals surface area contributed by atoms with Gasteiger partial charge in [0.25, 0.3) is 10.0 Å². The number of hydrogen-bond acceptors (Lipinski definition) is 5. The summed E-state index contributed by atoms with van der Waals surface area (Å²) in [5.41, 5.74) is 2.27. The lowest BCUT2D eigenvalue weighted by molar-refractivity contribution is 0.0599. The molecule has 7 heteroatoms. The first-order chi connectivity index (χ1) is 13.9. The predicted octanol–water partition coefficient (Wildman–Crippen LogP) is 4.16. The van der Waals surface area contributed by atoms with Crippen LogP contribution in [-0.4, -0.2) is 21.5 Å². The van der Waals surface area contributed by atoms with E-state index in [-0.39, 0.29) is 10.5 Å². The quantitative estimate of drug-likeness (QED) is 0.591. The van der Waals surface area contributed by atoms with Crippen LogP contribution in [0.4, 0.5) is 5.69 Å². The molecule has 0 atom stereocenters. The normalized spacial score (nSPS) is 11.0. The van der Waals surface area contributed by atoms with E-state index in [1.165, 1.54) is 19.2 Å². The largest absolute Gasteiger partial charge is 0.489 e. The second kappa shape index (κ2) is 8.79. The zero-order valence-electron chi connectivity index (χ0n) is 16.1. The lowest BCUT2D eigenvalue weighted by Crippen LogP contribution is -2.14. The number of hydrogen-bond donors (Lipinski definition) is 1. The summed E-state index contributed by atoms with van der Waals surface area (Å²) in [6.07, 6.45) is 0. The molecule has 6 nitrogen and oxygen atoms in total. The molecule has 150 valence electrons. The molecule has 1 N–H and O–H groups in total. The lowest BCUT2D eigenvalue weighted by Gasteiger charge is -2.11. The number of sulfonamides is 1. The third kappa shape index (κ3) is 5.14. The monoisotopic (exact) mass is 411 g/mol. The van der Waals surface area contributed by atoms with Crippen molar-refractivity contribution in [2.24, 2.45) is 0 Å². The molecule has 0 spiro atoms. The van der Waals surface area contributed by atoms with Gasteiger partial charge in [-0.15, -0.1) is 0 Å². The first-order valence-corrected chi connectivity index (χ1v) is 10.4. The van der Waals surface area contributed by atoms with Gasteiger partial charge in [-0.1, -0.05) is 36.4 Å². The molecule has 0 aliphatic carbocycles. The van der Waals surface area contributed by atoms with Crippen LogP contribution in [0, 0.1) is 6.92 Å². The number of benzene rings is 3. The third-order valence-corrected chi connectivity index (χ3v) is 5.66. The van der Waals surface area contributed by atoms with E-state index in [4.69, 9.17) is 9.47 Å². The van der Waals surface area contributed by atoms with Gasteiger partial charge in [0.05, 0.1) is 17.6 Å². The molecule has 0 aliphatic heterocycles. The van der Waals surface area contributed by atoms with Crippen molar-refractivity contribution in [2.75, 3.05) is 11.8 Å². The fourth-order valence-corrected chi connectivity index (χ4v) is 3.76. The summed E-state index contributed by atoms with van der Waals surface area (Å²) >= 11 is 0. The molecule has 0 unspecified atom stereocenters. The Morgan fingerprint density at radius 3 is 2.31 bits per heavy atom. The molecule has 0 heterocycles. The van der Waals surface area contributed by atoms with Crippen LogP contribution in [0.5, 0.6) is 5.75 Å². The standard InChI is InChI=1S/C22H21NO5S/c1-16-8-13-20(14-21(16)22(24)27-2)29(25,26)23-18-9-11-19(12-10-18)28-15-17-6-4-3-5-7-17/h3-14,23H,15H2,1-2H3. The van der Waals surface area contributed by atoms with Crippen LogP contribution in [-0.2, 0) is 21.4 Å². The fourth-order valence-electron chi connectivity index (χ4n) is 2.67. The Labute approximate surface area is 170 Å². The Morgan fingerprint density at radius 1 is 0.966 bits per heavy atom. The van der Waals surface area contributed by atoms with Gasteiger partial charge in [-0.25, -0.2) is 13.2 Å². The van der Waals surface area contributed by atoms with E-state index in [0.29, 0.717) is 23.6 Å². The van der Waals surface area contributed by atoms with Crippen LogP contribution in [0.25, 0.3) is 0 Å². The summed E-state index contributed by atoms with van der Waals surface area (Å²) in [6.45, 7) is 2.13. The molecular formula is C22H21NO5S. The summed E-state index contributed by atoms with van der Waals surface area (Å²) in [4.78, 5) is 11.8. The number of rotatable bonds is 7. The zero-order chi connectivity index (χ0) is 20.9. The van der Waals surface area contributed by atoms with Gasteiger partial charge < -0.3 is 9.47 Å². The average molecular weight is 411 g/mol. The van der Waals surface area contributed by atoms with Crippen LogP contribution in [0.3, 0.4) is 0 Å². The third-order valence-electron chi connectivity index (χ3n) is 4.28. The minimum absolute atomic E-state index is 0.0205. The molecule has 0 aromatic heterocycles. The van der Waals surface area contributed by atoms with Gasteiger partial charge in [0.15, 0.2) is 0 Å². The van der Waals surface area contributed by atoms with Crippen molar-refractivity contribution in [1.29, 1.82) is 0 Å². The fraction of sp³-hybridized carbons (Fsp3) is 0.136. The minimum atomic E-state index is -3.86. The smallest absolute Gasteiger partial charge is 0.338 e. The van der Waals surface area contributed by atoms with Crippen molar-refractivity contribution in [3.63, 3.8) is 0 Å². The van der Waals surface area contributed by atoms with Crippen LogP contribution in [0.15, 0.2) is 77.7 Å². The summed E-state index contributed by atoms with van der Waals surface area (Å²) in [7, 11) is -2.61. The van der Waals surface area contributed by atoms with E-state index in [2.05, 4.69) is 4.72 Å². The van der Waals surface area contributed by atoms with Crippen molar-refractivity contribution >= 4 is 21.7 Å². The molecule has 29 heavy (non-hydrogen) atoms. The van der Waals surface area contributed by atoms with E-state index < -0.39 is 16.0 Å².